The summed E-state index contributed by atoms with van der Waals surface area (Å²) in [5.41, 5.74) is 0.807. The molecule has 1 N–H and O–H groups in total. The normalized spacial score (nSPS) is 16.8. The molecule has 1 aliphatic heterocycles. The molecule has 0 unspecified atom stereocenters. The Labute approximate surface area is 139 Å². The Morgan fingerprint density at radius 3 is 2.43 bits per heavy atom. The summed E-state index contributed by atoms with van der Waals surface area (Å²) in [4.78, 5) is 17.0. The predicted octanol–water partition coefficient (Wildman–Crippen LogP) is 1.60. The molecular formula is C18H29N3O2. The monoisotopic (exact) mass is 319 g/mol. The number of carbonyl (C=O) groups excluding carboxylic acids is 1. The van der Waals surface area contributed by atoms with Gasteiger partial charge in [-0.15, -0.1) is 0 Å². The van der Waals surface area contributed by atoms with Crippen molar-refractivity contribution in [1.29, 1.82) is 0 Å². The number of hydrogen-bond acceptors (Lipinski definition) is 4. The minimum absolute atomic E-state index is 0.210. The van der Waals surface area contributed by atoms with E-state index in [9.17, 15) is 4.79 Å². The summed E-state index contributed by atoms with van der Waals surface area (Å²) < 4.78 is 5.37. The molecule has 23 heavy (non-hydrogen) atoms. The standard InChI is InChI=1S/C18H29N3O2/c1-20(16-7-5-4-6-8-16)13-14-21(2)17(22)18(15-23-3)9-11-19-12-10-18/h4-8,19H,9-15H2,1-3H3. The van der Waals surface area contributed by atoms with Crippen molar-refractivity contribution in [1.82, 2.24) is 10.2 Å². The maximum Gasteiger partial charge on any atom is 0.231 e. The SMILES string of the molecule is COCC1(C(=O)N(C)CCN(C)c2ccccc2)CCNCC1. The minimum Gasteiger partial charge on any atom is -0.384 e. The molecule has 0 aliphatic carbocycles. The molecule has 128 valence electrons. The molecule has 1 saturated heterocycles. The van der Waals surface area contributed by atoms with Crippen molar-refractivity contribution in [3.05, 3.63) is 30.3 Å². The van der Waals surface area contributed by atoms with Crippen molar-refractivity contribution in [2.75, 3.05) is 58.9 Å². The molecule has 1 aromatic carbocycles. The number of anilines is 1. The van der Waals surface area contributed by atoms with Crippen LogP contribution in [0.5, 0.6) is 0 Å². The summed E-state index contributed by atoms with van der Waals surface area (Å²) in [6.45, 7) is 3.79. The minimum atomic E-state index is -0.361. The third-order valence-corrected chi connectivity index (χ3v) is 4.75. The van der Waals surface area contributed by atoms with Gasteiger partial charge in [0.05, 0.1) is 12.0 Å². The second-order valence-corrected chi connectivity index (χ2v) is 6.45. The van der Waals surface area contributed by atoms with Gasteiger partial charge >= 0.3 is 0 Å². The van der Waals surface area contributed by atoms with Crippen LogP contribution in [0.2, 0.25) is 0 Å². The van der Waals surface area contributed by atoms with Crippen molar-refractivity contribution in [2.24, 2.45) is 5.41 Å². The van der Waals surface area contributed by atoms with E-state index < -0.39 is 0 Å². The Bertz CT molecular complexity index is 481. The van der Waals surface area contributed by atoms with Gasteiger partial charge in [0.2, 0.25) is 5.91 Å². The average molecular weight is 319 g/mol. The first-order valence-electron chi connectivity index (χ1n) is 8.30. The number of piperidine rings is 1. The molecule has 1 fully saturated rings. The molecule has 1 amide bonds. The van der Waals surface area contributed by atoms with Gasteiger partial charge in [-0.1, -0.05) is 18.2 Å². The number of rotatable bonds is 7. The van der Waals surface area contributed by atoms with Gasteiger partial charge in [-0.05, 0) is 38.1 Å². The zero-order valence-corrected chi connectivity index (χ0v) is 14.5. The van der Waals surface area contributed by atoms with Gasteiger partial charge in [-0.25, -0.2) is 0 Å². The molecular weight excluding hydrogens is 290 g/mol. The largest absolute Gasteiger partial charge is 0.384 e. The highest BCUT2D eigenvalue weighted by Crippen LogP contribution is 2.31. The lowest BCUT2D eigenvalue weighted by molar-refractivity contribution is -0.146. The van der Waals surface area contributed by atoms with Gasteiger partial charge in [0, 0.05) is 40.0 Å². The second kappa shape index (κ2) is 8.31. The Balaban J connectivity index is 1.93. The van der Waals surface area contributed by atoms with Gasteiger partial charge in [0.25, 0.3) is 0 Å². The summed E-state index contributed by atoms with van der Waals surface area (Å²) in [7, 11) is 5.64. The van der Waals surface area contributed by atoms with Crippen LogP contribution in [-0.4, -0.2) is 64.8 Å². The van der Waals surface area contributed by atoms with Crippen molar-refractivity contribution in [3.8, 4) is 0 Å². The molecule has 0 atom stereocenters. The van der Waals surface area contributed by atoms with E-state index in [0.717, 1.165) is 32.5 Å². The van der Waals surface area contributed by atoms with Gasteiger partial charge in [-0.2, -0.15) is 0 Å². The van der Waals surface area contributed by atoms with Crippen LogP contribution < -0.4 is 10.2 Å². The smallest absolute Gasteiger partial charge is 0.231 e. The average Bonchev–Trinajstić information content (AvgIpc) is 2.60. The van der Waals surface area contributed by atoms with Crippen LogP contribution in [0.15, 0.2) is 30.3 Å². The van der Waals surface area contributed by atoms with Crippen molar-refractivity contribution < 1.29 is 9.53 Å². The van der Waals surface area contributed by atoms with Crippen molar-refractivity contribution in [2.45, 2.75) is 12.8 Å². The van der Waals surface area contributed by atoms with Crippen LogP contribution in [0.25, 0.3) is 0 Å². The van der Waals surface area contributed by atoms with E-state index in [1.807, 2.05) is 30.1 Å². The number of benzene rings is 1. The quantitative estimate of drug-likeness (QED) is 0.829. The van der Waals surface area contributed by atoms with Crippen LogP contribution in [0.1, 0.15) is 12.8 Å². The number of nitrogens with zero attached hydrogens (tertiary/aromatic N) is 2. The van der Waals surface area contributed by atoms with Gasteiger partial charge in [0.1, 0.15) is 0 Å². The van der Waals surface area contributed by atoms with E-state index in [4.69, 9.17) is 4.74 Å². The summed E-state index contributed by atoms with van der Waals surface area (Å²) in [6, 6.07) is 10.2. The zero-order valence-electron chi connectivity index (χ0n) is 14.5. The summed E-state index contributed by atoms with van der Waals surface area (Å²) >= 11 is 0. The third kappa shape index (κ3) is 4.45. The molecule has 1 aliphatic rings. The number of nitrogens with one attached hydrogen (secondary N) is 1. The van der Waals surface area contributed by atoms with Crippen LogP contribution >= 0.6 is 0 Å². The predicted molar refractivity (Wildman–Crippen MR) is 93.8 cm³/mol. The topological polar surface area (TPSA) is 44.8 Å². The molecule has 0 bridgehead atoms. The highest BCUT2D eigenvalue weighted by molar-refractivity contribution is 5.83. The van der Waals surface area contributed by atoms with E-state index >= 15 is 0 Å². The lowest BCUT2D eigenvalue weighted by Crippen LogP contribution is -2.51. The van der Waals surface area contributed by atoms with Gasteiger partial charge < -0.3 is 19.9 Å². The molecule has 0 aromatic heterocycles. The lowest BCUT2D eigenvalue weighted by atomic mass is 9.78. The lowest BCUT2D eigenvalue weighted by Gasteiger charge is -2.38. The van der Waals surface area contributed by atoms with Gasteiger partial charge in [-0.3, -0.25) is 4.79 Å². The number of likely N-dealkylation sites (N-methyl/N-ethyl adjacent to an activating group) is 2. The number of amides is 1. The summed E-state index contributed by atoms with van der Waals surface area (Å²) in [5.74, 6) is 0.210. The molecule has 5 heteroatoms. The summed E-state index contributed by atoms with van der Waals surface area (Å²) in [6.07, 6.45) is 1.69. The molecule has 0 radical (unpaired) electrons. The van der Waals surface area contributed by atoms with Crippen LogP contribution in [0, 0.1) is 5.41 Å². The number of para-hydroxylation sites is 1. The number of methoxy groups -OCH3 is 1. The maximum absolute atomic E-state index is 13.0. The van der Waals surface area contributed by atoms with E-state index in [1.54, 1.807) is 7.11 Å². The van der Waals surface area contributed by atoms with E-state index in [0.29, 0.717) is 13.2 Å². The molecule has 1 heterocycles. The number of hydrogen-bond donors (Lipinski definition) is 1. The fourth-order valence-corrected chi connectivity index (χ4v) is 3.22. The molecule has 2 rings (SSSR count). The Kier molecular flexibility index (Phi) is 6.42. The van der Waals surface area contributed by atoms with Gasteiger partial charge in [0.15, 0.2) is 0 Å². The number of carbonyl (C=O) groups is 1. The van der Waals surface area contributed by atoms with E-state index in [2.05, 4.69) is 29.4 Å². The Hall–Kier alpha value is -1.59. The van der Waals surface area contributed by atoms with Crippen LogP contribution in [0.3, 0.4) is 0 Å². The second-order valence-electron chi connectivity index (χ2n) is 6.45. The molecule has 0 spiro atoms. The number of ether oxygens (including phenoxy) is 1. The Morgan fingerprint density at radius 2 is 1.83 bits per heavy atom. The van der Waals surface area contributed by atoms with Crippen molar-refractivity contribution >= 4 is 11.6 Å². The fourth-order valence-electron chi connectivity index (χ4n) is 3.22. The fraction of sp³-hybridized carbons (Fsp3) is 0.611. The zero-order chi connectivity index (χ0) is 16.7. The van der Waals surface area contributed by atoms with Crippen molar-refractivity contribution in [3.63, 3.8) is 0 Å². The first-order valence-corrected chi connectivity index (χ1v) is 8.30. The first-order chi connectivity index (χ1) is 11.1. The third-order valence-electron chi connectivity index (χ3n) is 4.75. The maximum atomic E-state index is 13.0. The highest BCUT2D eigenvalue weighted by atomic mass is 16.5. The summed E-state index contributed by atoms with van der Waals surface area (Å²) in [5, 5.41) is 3.33. The van der Waals surface area contributed by atoms with E-state index in [1.165, 1.54) is 5.69 Å². The van der Waals surface area contributed by atoms with E-state index in [-0.39, 0.29) is 11.3 Å². The molecule has 0 saturated carbocycles. The molecule has 5 nitrogen and oxygen atoms in total. The Morgan fingerprint density at radius 1 is 1.17 bits per heavy atom. The van der Waals surface area contributed by atoms with Crippen LogP contribution in [0.4, 0.5) is 5.69 Å². The van der Waals surface area contributed by atoms with Crippen LogP contribution in [-0.2, 0) is 9.53 Å². The highest BCUT2D eigenvalue weighted by Gasteiger charge is 2.41. The molecule has 1 aromatic rings. The first kappa shape index (κ1) is 17.8.